The molecule has 0 aromatic carbocycles. The van der Waals surface area contributed by atoms with E-state index in [0.29, 0.717) is 19.4 Å². The van der Waals surface area contributed by atoms with Gasteiger partial charge in [0.05, 0.1) is 0 Å². The lowest BCUT2D eigenvalue weighted by Crippen LogP contribution is -2.22. The quantitative estimate of drug-likeness (QED) is 0.333. The largest absolute Gasteiger partial charge is 0.481 e. The molecule has 0 saturated carbocycles. The fourth-order valence-electron chi connectivity index (χ4n) is 0.596. The minimum absolute atomic E-state index is 0.0559. The summed E-state index contributed by atoms with van der Waals surface area (Å²) in [6.45, 7) is 4.51. The second kappa shape index (κ2) is 10.7. The van der Waals surface area contributed by atoms with Crippen LogP contribution < -0.4 is 11.5 Å². The molecule has 13 heavy (non-hydrogen) atoms. The minimum atomic E-state index is -0.783. The summed E-state index contributed by atoms with van der Waals surface area (Å²) in [7, 11) is 0. The monoisotopic (exact) mass is 189 g/mol. The minimum Gasteiger partial charge on any atom is -0.481 e. The Morgan fingerprint density at radius 1 is 1.31 bits per heavy atom. The van der Waals surface area contributed by atoms with Gasteiger partial charge in [-0.15, -0.1) is 0 Å². The zero-order chi connectivity index (χ0) is 10.7. The number of aliphatic carboxylic acids is 1. The van der Waals surface area contributed by atoms with Gasteiger partial charge >= 0.3 is 5.97 Å². The Kier molecular flexibility index (Phi) is 11.8. The number of hydrogen-bond donors (Lipinski definition) is 3. The molecule has 0 aromatic rings. The fourth-order valence-corrected chi connectivity index (χ4v) is 0.596. The van der Waals surface area contributed by atoms with E-state index in [1.807, 2.05) is 13.8 Å². The third-order valence-electron chi connectivity index (χ3n) is 1.09. The number of aliphatic imine (C=N–C) groups is 1. The predicted octanol–water partition coefficient (Wildman–Crippen LogP) is 0.541. The highest BCUT2D eigenvalue weighted by Gasteiger charge is 1.94. The number of hydrogen-bond acceptors (Lipinski definition) is 2. The number of nitrogens with two attached hydrogens (primary N) is 2. The second-order valence-electron chi connectivity index (χ2n) is 2.16. The van der Waals surface area contributed by atoms with Crippen LogP contribution in [-0.2, 0) is 4.79 Å². The number of nitrogens with zero attached hydrogens (tertiary/aromatic N) is 1. The van der Waals surface area contributed by atoms with Crippen molar-refractivity contribution in [1.29, 1.82) is 0 Å². The van der Waals surface area contributed by atoms with Crippen LogP contribution in [0.1, 0.15) is 33.1 Å². The molecular weight excluding hydrogens is 170 g/mol. The average molecular weight is 189 g/mol. The van der Waals surface area contributed by atoms with Gasteiger partial charge in [-0.25, -0.2) is 0 Å². The Bertz CT molecular complexity index is 153. The Hall–Kier alpha value is -1.26. The molecule has 0 fully saturated rings. The van der Waals surface area contributed by atoms with Crippen molar-refractivity contribution in [1.82, 2.24) is 0 Å². The van der Waals surface area contributed by atoms with Crippen LogP contribution >= 0.6 is 0 Å². The van der Waals surface area contributed by atoms with E-state index < -0.39 is 5.97 Å². The zero-order valence-electron chi connectivity index (χ0n) is 8.29. The smallest absolute Gasteiger partial charge is 0.303 e. The van der Waals surface area contributed by atoms with E-state index in [-0.39, 0.29) is 12.4 Å². The molecule has 0 radical (unpaired) electrons. The highest BCUT2D eigenvalue weighted by molar-refractivity contribution is 5.75. The SMILES string of the molecule is CC.NC(N)=NCCCCC(=O)O. The summed E-state index contributed by atoms with van der Waals surface area (Å²) in [5, 5.41) is 8.24. The summed E-state index contributed by atoms with van der Waals surface area (Å²) in [6, 6.07) is 0. The lowest BCUT2D eigenvalue weighted by molar-refractivity contribution is -0.137. The molecule has 5 nitrogen and oxygen atoms in total. The molecule has 0 aliphatic heterocycles. The highest BCUT2D eigenvalue weighted by atomic mass is 16.4. The van der Waals surface area contributed by atoms with Gasteiger partial charge in [-0.1, -0.05) is 13.8 Å². The molecule has 0 bridgehead atoms. The third kappa shape index (κ3) is 18.1. The number of unbranched alkanes of at least 4 members (excludes halogenated alkanes) is 1. The van der Waals surface area contributed by atoms with E-state index in [4.69, 9.17) is 16.6 Å². The van der Waals surface area contributed by atoms with Crippen molar-refractivity contribution < 1.29 is 9.90 Å². The first kappa shape index (κ1) is 14.3. The Morgan fingerprint density at radius 3 is 2.23 bits per heavy atom. The van der Waals surface area contributed by atoms with Gasteiger partial charge in [0.25, 0.3) is 0 Å². The van der Waals surface area contributed by atoms with E-state index in [0.717, 1.165) is 0 Å². The van der Waals surface area contributed by atoms with Gasteiger partial charge in [0.1, 0.15) is 0 Å². The van der Waals surface area contributed by atoms with Gasteiger partial charge in [-0.2, -0.15) is 0 Å². The van der Waals surface area contributed by atoms with E-state index >= 15 is 0 Å². The van der Waals surface area contributed by atoms with Crippen molar-refractivity contribution in [2.24, 2.45) is 16.5 Å². The van der Waals surface area contributed by atoms with E-state index in [1.165, 1.54) is 0 Å². The van der Waals surface area contributed by atoms with Gasteiger partial charge in [0.2, 0.25) is 0 Å². The molecule has 5 heteroatoms. The number of guanidine groups is 1. The van der Waals surface area contributed by atoms with Crippen LogP contribution in [0.2, 0.25) is 0 Å². The van der Waals surface area contributed by atoms with Gasteiger partial charge in [-0.3, -0.25) is 9.79 Å². The second-order valence-corrected chi connectivity index (χ2v) is 2.16. The van der Waals surface area contributed by atoms with Crippen LogP contribution in [0.5, 0.6) is 0 Å². The lowest BCUT2D eigenvalue weighted by Gasteiger charge is -1.93. The van der Waals surface area contributed by atoms with Crippen LogP contribution in [0.3, 0.4) is 0 Å². The molecule has 0 saturated heterocycles. The molecule has 0 aromatic heterocycles. The predicted molar refractivity (Wildman–Crippen MR) is 53.5 cm³/mol. The number of rotatable bonds is 5. The van der Waals surface area contributed by atoms with Crippen molar-refractivity contribution in [2.75, 3.05) is 6.54 Å². The van der Waals surface area contributed by atoms with Crippen molar-refractivity contribution in [2.45, 2.75) is 33.1 Å². The molecule has 0 amide bonds. The Balaban J connectivity index is 0. The molecular formula is C8H19N3O2. The highest BCUT2D eigenvalue weighted by Crippen LogP contribution is 1.94. The molecule has 0 heterocycles. The first-order chi connectivity index (χ1) is 6.13. The van der Waals surface area contributed by atoms with E-state index in [9.17, 15) is 4.79 Å². The number of carboxylic acids is 1. The lowest BCUT2D eigenvalue weighted by atomic mass is 10.2. The van der Waals surface area contributed by atoms with Gasteiger partial charge in [0.15, 0.2) is 5.96 Å². The number of carbonyl (C=O) groups is 1. The maximum atomic E-state index is 10.0. The third-order valence-corrected chi connectivity index (χ3v) is 1.09. The summed E-state index contributed by atoms with van der Waals surface area (Å²) in [6.07, 6.45) is 1.51. The standard InChI is InChI=1S/C6H13N3O2.C2H6/c7-6(8)9-4-2-1-3-5(10)11;1-2/h1-4H2,(H,10,11)(H4,7,8,9);1-2H3. The first-order valence-electron chi connectivity index (χ1n) is 4.40. The molecule has 0 spiro atoms. The van der Waals surface area contributed by atoms with Gasteiger partial charge in [-0.05, 0) is 12.8 Å². The van der Waals surface area contributed by atoms with Crippen LogP contribution in [0.25, 0.3) is 0 Å². The molecule has 0 unspecified atom stereocenters. The molecule has 0 rings (SSSR count). The summed E-state index contributed by atoms with van der Waals surface area (Å²) in [5.41, 5.74) is 10.1. The Morgan fingerprint density at radius 2 is 1.85 bits per heavy atom. The van der Waals surface area contributed by atoms with Crippen LogP contribution in [-0.4, -0.2) is 23.6 Å². The first-order valence-corrected chi connectivity index (χ1v) is 4.40. The summed E-state index contributed by atoms with van der Waals surface area (Å²) < 4.78 is 0. The maximum Gasteiger partial charge on any atom is 0.303 e. The molecule has 0 aliphatic carbocycles. The van der Waals surface area contributed by atoms with Crippen molar-refractivity contribution in [3.05, 3.63) is 0 Å². The maximum absolute atomic E-state index is 10.0. The van der Waals surface area contributed by atoms with Crippen LogP contribution in [0.15, 0.2) is 4.99 Å². The van der Waals surface area contributed by atoms with Crippen molar-refractivity contribution in [3.63, 3.8) is 0 Å². The van der Waals surface area contributed by atoms with Crippen molar-refractivity contribution >= 4 is 11.9 Å². The number of carboxylic acid groups (broad SMARTS) is 1. The summed E-state index contributed by atoms with van der Waals surface area (Å²) in [5.74, 6) is -0.727. The van der Waals surface area contributed by atoms with E-state index in [2.05, 4.69) is 4.99 Å². The molecule has 0 atom stereocenters. The molecule has 5 N–H and O–H groups in total. The zero-order valence-corrected chi connectivity index (χ0v) is 8.29. The average Bonchev–Trinajstić information content (AvgIpc) is 2.06. The summed E-state index contributed by atoms with van der Waals surface area (Å²) in [4.78, 5) is 13.7. The molecule has 78 valence electrons. The van der Waals surface area contributed by atoms with Gasteiger partial charge < -0.3 is 16.6 Å². The normalized spacial score (nSPS) is 8.15. The van der Waals surface area contributed by atoms with Crippen molar-refractivity contribution in [3.8, 4) is 0 Å². The Labute approximate surface area is 78.8 Å². The summed E-state index contributed by atoms with van der Waals surface area (Å²) >= 11 is 0. The van der Waals surface area contributed by atoms with Crippen LogP contribution in [0.4, 0.5) is 0 Å². The molecule has 0 aliphatic rings. The van der Waals surface area contributed by atoms with Crippen LogP contribution in [0, 0.1) is 0 Å². The van der Waals surface area contributed by atoms with Gasteiger partial charge in [0, 0.05) is 13.0 Å². The topological polar surface area (TPSA) is 102 Å². The van der Waals surface area contributed by atoms with E-state index in [1.54, 1.807) is 0 Å². The fraction of sp³-hybridized carbons (Fsp3) is 0.750.